The number of benzene rings is 2. The zero-order valence-corrected chi connectivity index (χ0v) is 21.6. The zero-order chi connectivity index (χ0) is 25.3. The standard InChI is InChI=1S/C26H34N4O4S/c1-18-15-22-16-24(9-10-25(22)30(18)19(2)31)35(33,34)29-13-11-21(12-14-29)26(32)27-17-20-5-7-23(8-6-20)28(3)4/h5-10,16,18,21H,11-15,17H2,1-4H3,(H,27,32)/t18-/m0/s1. The molecular weight excluding hydrogens is 464 g/mol. The maximum absolute atomic E-state index is 13.3. The van der Waals surface area contributed by atoms with E-state index in [4.69, 9.17) is 0 Å². The zero-order valence-electron chi connectivity index (χ0n) is 20.8. The molecule has 0 bridgehead atoms. The quantitative estimate of drug-likeness (QED) is 0.662. The third-order valence-corrected chi connectivity index (χ3v) is 8.88. The maximum atomic E-state index is 13.3. The third kappa shape index (κ3) is 5.21. The molecule has 2 aromatic rings. The van der Waals surface area contributed by atoms with Crippen LogP contribution >= 0.6 is 0 Å². The van der Waals surface area contributed by atoms with Gasteiger partial charge in [0.05, 0.1) is 4.90 Å². The number of piperidine rings is 1. The van der Waals surface area contributed by atoms with Crippen molar-refractivity contribution in [3.8, 4) is 0 Å². The summed E-state index contributed by atoms with van der Waals surface area (Å²) in [4.78, 5) is 28.6. The van der Waals surface area contributed by atoms with E-state index in [0.717, 1.165) is 22.5 Å². The number of anilines is 2. The van der Waals surface area contributed by atoms with Gasteiger partial charge < -0.3 is 15.1 Å². The van der Waals surface area contributed by atoms with Crippen LogP contribution in [0.1, 0.15) is 37.8 Å². The van der Waals surface area contributed by atoms with Crippen LogP contribution in [0.25, 0.3) is 0 Å². The molecule has 9 heteroatoms. The average Bonchev–Trinajstić information content (AvgIpc) is 3.18. The van der Waals surface area contributed by atoms with Crippen LogP contribution < -0.4 is 15.1 Å². The lowest BCUT2D eigenvalue weighted by Crippen LogP contribution is -2.42. The molecule has 2 aliphatic heterocycles. The highest BCUT2D eigenvalue weighted by molar-refractivity contribution is 7.89. The Bertz CT molecular complexity index is 1200. The summed E-state index contributed by atoms with van der Waals surface area (Å²) in [6, 6.07) is 13.1. The number of nitrogens with zero attached hydrogens (tertiary/aromatic N) is 3. The van der Waals surface area contributed by atoms with Gasteiger partial charge in [0.15, 0.2) is 0 Å². The van der Waals surface area contributed by atoms with Crippen molar-refractivity contribution in [2.45, 2.75) is 50.6 Å². The van der Waals surface area contributed by atoms with Gasteiger partial charge in [0, 0.05) is 64.0 Å². The second kappa shape index (κ2) is 9.99. The number of fused-ring (bicyclic) bond motifs is 1. The van der Waals surface area contributed by atoms with Gasteiger partial charge in [0.1, 0.15) is 0 Å². The molecule has 4 rings (SSSR count). The summed E-state index contributed by atoms with van der Waals surface area (Å²) in [5.41, 5.74) is 3.79. The number of nitrogens with one attached hydrogen (secondary N) is 1. The molecule has 2 aromatic carbocycles. The number of carbonyl (C=O) groups excluding carboxylic acids is 2. The molecule has 1 saturated heterocycles. The van der Waals surface area contributed by atoms with Gasteiger partial charge in [-0.15, -0.1) is 0 Å². The summed E-state index contributed by atoms with van der Waals surface area (Å²) >= 11 is 0. The predicted octanol–water partition coefficient (Wildman–Crippen LogP) is 2.77. The van der Waals surface area contributed by atoms with Crippen LogP contribution in [0.5, 0.6) is 0 Å². The second-order valence-electron chi connectivity index (χ2n) is 9.69. The van der Waals surface area contributed by atoms with Crippen molar-refractivity contribution in [1.82, 2.24) is 9.62 Å². The number of hydrogen-bond acceptors (Lipinski definition) is 5. The van der Waals surface area contributed by atoms with Crippen LogP contribution in [0.4, 0.5) is 11.4 Å². The van der Waals surface area contributed by atoms with Gasteiger partial charge in [-0.2, -0.15) is 4.31 Å². The topological polar surface area (TPSA) is 90.0 Å². The lowest BCUT2D eigenvalue weighted by molar-refractivity contribution is -0.126. The van der Waals surface area contributed by atoms with E-state index >= 15 is 0 Å². The number of hydrogen-bond donors (Lipinski definition) is 1. The van der Waals surface area contributed by atoms with Crippen molar-refractivity contribution >= 4 is 33.2 Å². The van der Waals surface area contributed by atoms with E-state index < -0.39 is 10.0 Å². The average molecular weight is 499 g/mol. The highest BCUT2D eigenvalue weighted by Crippen LogP contribution is 2.35. The van der Waals surface area contributed by atoms with Crippen molar-refractivity contribution in [3.63, 3.8) is 0 Å². The monoisotopic (exact) mass is 498 g/mol. The van der Waals surface area contributed by atoms with Gasteiger partial charge in [-0.05, 0) is 67.6 Å². The second-order valence-corrected chi connectivity index (χ2v) is 11.6. The number of sulfonamides is 1. The van der Waals surface area contributed by atoms with Crippen LogP contribution in [-0.4, -0.2) is 57.8 Å². The highest BCUT2D eigenvalue weighted by Gasteiger charge is 2.34. The minimum absolute atomic E-state index is 0.0145. The van der Waals surface area contributed by atoms with Crippen molar-refractivity contribution in [1.29, 1.82) is 0 Å². The van der Waals surface area contributed by atoms with Crippen molar-refractivity contribution in [3.05, 3.63) is 53.6 Å². The van der Waals surface area contributed by atoms with Crippen molar-refractivity contribution in [2.24, 2.45) is 5.92 Å². The highest BCUT2D eigenvalue weighted by atomic mass is 32.2. The molecule has 2 heterocycles. The molecule has 1 N–H and O–H groups in total. The van der Waals surface area contributed by atoms with Crippen molar-refractivity contribution in [2.75, 3.05) is 37.0 Å². The third-order valence-electron chi connectivity index (χ3n) is 6.99. The number of carbonyl (C=O) groups is 2. The molecule has 8 nitrogen and oxygen atoms in total. The fourth-order valence-electron chi connectivity index (χ4n) is 5.00. The van der Waals surface area contributed by atoms with Crippen LogP contribution in [0.3, 0.4) is 0 Å². The van der Waals surface area contributed by atoms with Gasteiger partial charge in [-0.3, -0.25) is 9.59 Å². The summed E-state index contributed by atoms with van der Waals surface area (Å²) in [7, 11) is 0.304. The van der Waals surface area contributed by atoms with Gasteiger partial charge in [-0.1, -0.05) is 12.1 Å². The summed E-state index contributed by atoms with van der Waals surface area (Å²) in [5.74, 6) is -0.278. The lowest BCUT2D eigenvalue weighted by atomic mass is 9.97. The normalized spacial score (nSPS) is 18.9. The first-order valence-corrected chi connectivity index (χ1v) is 13.5. The van der Waals surface area contributed by atoms with Crippen LogP contribution in [0, 0.1) is 5.92 Å². The van der Waals surface area contributed by atoms with E-state index in [-0.39, 0.29) is 28.7 Å². The lowest BCUT2D eigenvalue weighted by Gasteiger charge is -2.30. The van der Waals surface area contributed by atoms with E-state index in [0.29, 0.717) is 38.9 Å². The maximum Gasteiger partial charge on any atom is 0.243 e. The van der Waals surface area contributed by atoms with E-state index in [1.807, 2.05) is 50.2 Å². The molecule has 0 aromatic heterocycles. The van der Waals surface area contributed by atoms with Crippen LogP contribution in [0.2, 0.25) is 0 Å². The summed E-state index contributed by atoms with van der Waals surface area (Å²) < 4.78 is 28.0. The Morgan fingerprint density at radius 3 is 2.31 bits per heavy atom. The number of amides is 2. The predicted molar refractivity (Wildman–Crippen MR) is 137 cm³/mol. The minimum atomic E-state index is -3.66. The Morgan fingerprint density at radius 1 is 1.06 bits per heavy atom. The smallest absolute Gasteiger partial charge is 0.243 e. The van der Waals surface area contributed by atoms with Gasteiger partial charge in [-0.25, -0.2) is 8.42 Å². The Labute approximate surface area is 207 Å². The molecule has 0 saturated carbocycles. The van der Waals surface area contributed by atoms with E-state index in [1.165, 1.54) is 11.2 Å². The first kappa shape index (κ1) is 25.2. The summed E-state index contributed by atoms with van der Waals surface area (Å²) in [6.07, 6.45) is 1.62. The molecule has 0 radical (unpaired) electrons. The Kier molecular flexibility index (Phi) is 7.19. The molecule has 0 spiro atoms. The summed E-state index contributed by atoms with van der Waals surface area (Å²) in [5, 5.41) is 3.00. The molecule has 1 atom stereocenters. The van der Waals surface area contributed by atoms with Gasteiger partial charge >= 0.3 is 0 Å². The fraction of sp³-hybridized carbons (Fsp3) is 0.462. The van der Waals surface area contributed by atoms with Crippen LogP contribution in [0.15, 0.2) is 47.4 Å². The van der Waals surface area contributed by atoms with Crippen LogP contribution in [-0.2, 0) is 32.6 Å². The Hall–Kier alpha value is -2.91. The molecule has 35 heavy (non-hydrogen) atoms. The largest absolute Gasteiger partial charge is 0.378 e. The molecule has 2 aliphatic rings. The molecule has 0 aliphatic carbocycles. The SMILES string of the molecule is CC(=O)N1c2ccc(S(=O)(=O)N3CCC(C(=O)NCc4ccc(N(C)C)cc4)CC3)cc2C[C@@H]1C. The molecule has 188 valence electrons. The van der Waals surface area contributed by atoms with E-state index in [9.17, 15) is 18.0 Å². The molecular formula is C26H34N4O4S. The Morgan fingerprint density at radius 2 is 1.71 bits per heavy atom. The number of rotatable bonds is 6. The van der Waals surface area contributed by atoms with Gasteiger partial charge in [0.2, 0.25) is 21.8 Å². The van der Waals surface area contributed by atoms with E-state index in [1.54, 1.807) is 23.1 Å². The van der Waals surface area contributed by atoms with Crippen molar-refractivity contribution < 1.29 is 18.0 Å². The fourth-order valence-corrected chi connectivity index (χ4v) is 6.52. The van der Waals surface area contributed by atoms with E-state index in [2.05, 4.69) is 5.32 Å². The molecule has 2 amide bonds. The molecule has 0 unspecified atom stereocenters. The first-order chi connectivity index (χ1) is 16.6. The first-order valence-electron chi connectivity index (χ1n) is 12.0. The van der Waals surface area contributed by atoms with Gasteiger partial charge in [0.25, 0.3) is 0 Å². The summed E-state index contributed by atoms with van der Waals surface area (Å²) in [6.45, 7) is 4.56. The minimum Gasteiger partial charge on any atom is -0.378 e. The molecule has 1 fully saturated rings. The Balaban J connectivity index is 1.34.